The van der Waals surface area contributed by atoms with Gasteiger partial charge in [-0.2, -0.15) is 0 Å². The number of esters is 1. The highest BCUT2D eigenvalue weighted by atomic mass is 16.5. The minimum Gasteiger partial charge on any atom is -0.466 e. The molecule has 0 amide bonds. The molecule has 0 unspecified atom stereocenters. The topological polar surface area (TPSA) is 52.3 Å². The van der Waals surface area contributed by atoms with Crippen LogP contribution in [0.2, 0.25) is 0 Å². The Morgan fingerprint density at radius 3 is 2.70 bits per heavy atom. The summed E-state index contributed by atoms with van der Waals surface area (Å²) in [6.07, 6.45) is 1.59. The van der Waals surface area contributed by atoms with Crippen molar-refractivity contribution in [2.24, 2.45) is 0 Å². The number of hydrogen-bond donors (Lipinski definition) is 0. The Hall–Kier alpha value is -2.36. The Morgan fingerprint density at radius 2 is 2.10 bits per heavy atom. The van der Waals surface area contributed by atoms with Crippen LogP contribution >= 0.6 is 0 Å². The SMILES string of the molecule is C=Cc1nc(-c2ccc(C)cc2)c(CC(=O)OCC)o1. The smallest absolute Gasteiger partial charge is 0.313 e. The highest BCUT2D eigenvalue weighted by Crippen LogP contribution is 2.25. The van der Waals surface area contributed by atoms with Crippen LogP contribution in [0.5, 0.6) is 0 Å². The van der Waals surface area contributed by atoms with Crippen LogP contribution in [0, 0.1) is 6.92 Å². The lowest BCUT2D eigenvalue weighted by Gasteiger charge is -2.02. The maximum absolute atomic E-state index is 11.6. The van der Waals surface area contributed by atoms with Gasteiger partial charge in [0.05, 0.1) is 6.61 Å². The number of carbonyl (C=O) groups is 1. The molecule has 0 radical (unpaired) electrons. The van der Waals surface area contributed by atoms with Crippen molar-refractivity contribution in [3.8, 4) is 11.3 Å². The summed E-state index contributed by atoms with van der Waals surface area (Å²) in [5.41, 5.74) is 2.73. The fraction of sp³-hybridized carbons (Fsp3) is 0.250. The molecule has 2 aromatic rings. The van der Waals surface area contributed by atoms with E-state index in [9.17, 15) is 4.79 Å². The molecule has 4 heteroatoms. The Bertz CT molecular complexity index is 611. The maximum Gasteiger partial charge on any atom is 0.313 e. The third-order valence-corrected chi connectivity index (χ3v) is 2.82. The molecule has 0 spiro atoms. The molecular weight excluding hydrogens is 254 g/mol. The predicted molar refractivity (Wildman–Crippen MR) is 77.1 cm³/mol. The zero-order chi connectivity index (χ0) is 14.5. The van der Waals surface area contributed by atoms with Crippen LogP contribution in [0.4, 0.5) is 0 Å². The van der Waals surface area contributed by atoms with Crippen molar-refractivity contribution in [1.29, 1.82) is 0 Å². The first kappa shape index (κ1) is 14.1. The number of nitrogens with zero attached hydrogens (tertiary/aromatic N) is 1. The average Bonchev–Trinajstić information content (AvgIpc) is 2.83. The van der Waals surface area contributed by atoms with E-state index in [1.165, 1.54) is 6.08 Å². The summed E-state index contributed by atoms with van der Waals surface area (Å²) >= 11 is 0. The molecule has 1 heterocycles. The second-order valence-electron chi connectivity index (χ2n) is 4.38. The van der Waals surface area contributed by atoms with Crippen molar-refractivity contribution in [2.45, 2.75) is 20.3 Å². The van der Waals surface area contributed by atoms with E-state index in [1.807, 2.05) is 31.2 Å². The zero-order valence-electron chi connectivity index (χ0n) is 11.7. The molecule has 0 aliphatic rings. The summed E-state index contributed by atoms with van der Waals surface area (Å²) in [5, 5.41) is 0. The Kier molecular flexibility index (Phi) is 4.35. The molecule has 20 heavy (non-hydrogen) atoms. The highest BCUT2D eigenvalue weighted by molar-refractivity contribution is 5.75. The van der Waals surface area contributed by atoms with Crippen LogP contribution in [0.15, 0.2) is 35.3 Å². The minimum atomic E-state index is -0.326. The molecule has 0 saturated carbocycles. The first-order chi connectivity index (χ1) is 9.63. The van der Waals surface area contributed by atoms with Gasteiger partial charge in [0.2, 0.25) is 5.89 Å². The van der Waals surface area contributed by atoms with Gasteiger partial charge in [0.25, 0.3) is 0 Å². The molecule has 1 aromatic carbocycles. The fourth-order valence-corrected chi connectivity index (χ4v) is 1.86. The van der Waals surface area contributed by atoms with Crippen LogP contribution in [0.1, 0.15) is 24.1 Å². The molecule has 104 valence electrons. The van der Waals surface area contributed by atoms with Crippen molar-refractivity contribution >= 4 is 12.0 Å². The van der Waals surface area contributed by atoms with Gasteiger partial charge in [0, 0.05) is 5.56 Å². The summed E-state index contributed by atoms with van der Waals surface area (Å²) < 4.78 is 10.5. The molecule has 2 rings (SSSR count). The van der Waals surface area contributed by atoms with Crippen molar-refractivity contribution in [1.82, 2.24) is 4.98 Å². The third-order valence-electron chi connectivity index (χ3n) is 2.82. The lowest BCUT2D eigenvalue weighted by atomic mass is 10.1. The molecular formula is C16H17NO3. The van der Waals surface area contributed by atoms with Gasteiger partial charge in [0.1, 0.15) is 17.9 Å². The van der Waals surface area contributed by atoms with Crippen molar-refractivity contribution < 1.29 is 13.9 Å². The first-order valence-corrected chi connectivity index (χ1v) is 6.48. The number of ether oxygens (including phenoxy) is 1. The molecule has 0 atom stereocenters. The average molecular weight is 271 g/mol. The monoisotopic (exact) mass is 271 g/mol. The van der Waals surface area contributed by atoms with Gasteiger partial charge in [0.15, 0.2) is 0 Å². The Morgan fingerprint density at radius 1 is 1.40 bits per heavy atom. The lowest BCUT2D eigenvalue weighted by Crippen LogP contribution is -2.07. The summed E-state index contributed by atoms with van der Waals surface area (Å²) in [6, 6.07) is 7.89. The summed E-state index contributed by atoms with van der Waals surface area (Å²) in [4.78, 5) is 16.0. The second-order valence-corrected chi connectivity index (χ2v) is 4.38. The van der Waals surface area contributed by atoms with E-state index in [0.29, 0.717) is 24.0 Å². The Balaban J connectivity index is 2.35. The molecule has 0 N–H and O–H groups in total. The van der Waals surface area contributed by atoms with Crippen molar-refractivity contribution in [3.63, 3.8) is 0 Å². The largest absolute Gasteiger partial charge is 0.466 e. The van der Waals surface area contributed by atoms with E-state index in [0.717, 1.165) is 11.1 Å². The number of oxazole rings is 1. The van der Waals surface area contributed by atoms with Gasteiger partial charge < -0.3 is 9.15 Å². The van der Waals surface area contributed by atoms with Crippen LogP contribution in [-0.4, -0.2) is 17.6 Å². The predicted octanol–water partition coefficient (Wildman–Crippen LogP) is 3.40. The second kappa shape index (κ2) is 6.19. The van der Waals surface area contributed by atoms with E-state index in [-0.39, 0.29) is 12.4 Å². The normalized spacial score (nSPS) is 10.3. The zero-order valence-corrected chi connectivity index (χ0v) is 11.7. The minimum absolute atomic E-state index is 0.0674. The molecule has 0 aliphatic carbocycles. The van der Waals surface area contributed by atoms with Gasteiger partial charge in [-0.25, -0.2) is 4.98 Å². The highest BCUT2D eigenvalue weighted by Gasteiger charge is 2.17. The van der Waals surface area contributed by atoms with Gasteiger partial charge in [-0.3, -0.25) is 4.79 Å². The standard InChI is InChI=1S/C16H17NO3/c1-4-14-17-16(12-8-6-11(3)7-9-12)13(20-14)10-15(18)19-5-2/h4,6-9H,1,5,10H2,2-3H3. The van der Waals surface area contributed by atoms with Crippen LogP contribution < -0.4 is 0 Å². The molecule has 0 fully saturated rings. The number of hydrogen-bond acceptors (Lipinski definition) is 4. The summed E-state index contributed by atoms with van der Waals surface area (Å²) in [7, 11) is 0. The molecule has 0 bridgehead atoms. The van der Waals surface area contributed by atoms with Gasteiger partial charge in [-0.15, -0.1) is 0 Å². The molecule has 4 nitrogen and oxygen atoms in total. The van der Waals surface area contributed by atoms with E-state index in [2.05, 4.69) is 11.6 Å². The van der Waals surface area contributed by atoms with Crippen LogP contribution in [0.25, 0.3) is 17.3 Å². The van der Waals surface area contributed by atoms with Gasteiger partial charge in [-0.1, -0.05) is 36.4 Å². The molecule has 0 aliphatic heterocycles. The quantitative estimate of drug-likeness (QED) is 0.782. The third kappa shape index (κ3) is 3.15. The number of benzene rings is 1. The lowest BCUT2D eigenvalue weighted by molar-refractivity contribution is -0.142. The van der Waals surface area contributed by atoms with E-state index >= 15 is 0 Å². The maximum atomic E-state index is 11.6. The van der Waals surface area contributed by atoms with Gasteiger partial charge in [-0.05, 0) is 19.9 Å². The van der Waals surface area contributed by atoms with E-state index in [1.54, 1.807) is 6.92 Å². The van der Waals surface area contributed by atoms with E-state index < -0.39 is 0 Å². The summed E-state index contributed by atoms with van der Waals surface area (Å²) in [6.45, 7) is 7.77. The molecule has 0 saturated heterocycles. The van der Waals surface area contributed by atoms with Crippen molar-refractivity contribution in [3.05, 3.63) is 48.1 Å². The van der Waals surface area contributed by atoms with Crippen molar-refractivity contribution in [2.75, 3.05) is 6.61 Å². The summed E-state index contributed by atoms with van der Waals surface area (Å²) in [5.74, 6) is 0.578. The number of rotatable bonds is 5. The van der Waals surface area contributed by atoms with Gasteiger partial charge >= 0.3 is 5.97 Å². The molecule has 1 aromatic heterocycles. The number of carbonyl (C=O) groups excluding carboxylic acids is 1. The fourth-order valence-electron chi connectivity index (χ4n) is 1.86. The number of aryl methyl sites for hydroxylation is 1. The van der Waals surface area contributed by atoms with Crippen LogP contribution in [-0.2, 0) is 16.0 Å². The van der Waals surface area contributed by atoms with Crippen LogP contribution in [0.3, 0.4) is 0 Å². The first-order valence-electron chi connectivity index (χ1n) is 6.48. The van der Waals surface area contributed by atoms with E-state index in [4.69, 9.17) is 9.15 Å². The number of aromatic nitrogens is 1. The Labute approximate surface area is 118 Å².